The van der Waals surface area contributed by atoms with Gasteiger partial charge in [0.2, 0.25) is 0 Å². The maximum Gasteiger partial charge on any atom is 0.161 e. The number of aliphatic imine (C=N–C) groups is 1. The predicted molar refractivity (Wildman–Crippen MR) is 56.7 cm³/mol. The van der Waals surface area contributed by atoms with E-state index in [1.807, 2.05) is 30.3 Å². The Morgan fingerprint density at radius 3 is 2.57 bits per heavy atom. The molecular weight excluding hydrogens is 174 g/mol. The lowest BCUT2D eigenvalue weighted by Crippen LogP contribution is -1.86. The fourth-order valence-electron chi connectivity index (χ4n) is 1.16. The van der Waals surface area contributed by atoms with E-state index < -0.39 is 0 Å². The summed E-state index contributed by atoms with van der Waals surface area (Å²) in [6, 6.07) is 11.5. The Hall–Kier alpha value is -2.03. The lowest BCUT2D eigenvalue weighted by atomic mass is 10.2. The zero-order valence-corrected chi connectivity index (χ0v) is 7.59. The SMILES string of the molecule is C=Nc1ccnc(-c2ccccc2)n1. The van der Waals surface area contributed by atoms with Crippen molar-refractivity contribution in [3.05, 3.63) is 42.6 Å². The first-order valence-electron chi connectivity index (χ1n) is 4.25. The minimum atomic E-state index is 0.596. The van der Waals surface area contributed by atoms with E-state index in [9.17, 15) is 0 Å². The molecule has 1 aromatic heterocycles. The molecule has 0 aliphatic heterocycles. The minimum absolute atomic E-state index is 0.596. The van der Waals surface area contributed by atoms with E-state index in [2.05, 4.69) is 21.7 Å². The molecule has 0 radical (unpaired) electrons. The molecule has 1 heterocycles. The molecule has 0 atom stereocenters. The molecule has 0 aliphatic rings. The minimum Gasteiger partial charge on any atom is -0.245 e. The molecule has 14 heavy (non-hydrogen) atoms. The molecule has 2 rings (SSSR count). The lowest BCUT2D eigenvalue weighted by Gasteiger charge is -1.99. The van der Waals surface area contributed by atoms with Gasteiger partial charge in [-0.3, -0.25) is 0 Å². The van der Waals surface area contributed by atoms with Crippen LogP contribution in [0.3, 0.4) is 0 Å². The van der Waals surface area contributed by atoms with E-state index >= 15 is 0 Å². The highest BCUT2D eigenvalue weighted by molar-refractivity contribution is 5.56. The van der Waals surface area contributed by atoms with Crippen molar-refractivity contribution >= 4 is 12.5 Å². The molecule has 0 bridgehead atoms. The summed E-state index contributed by atoms with van der Waals surface area (Å²) >= 11 is 0. The highest BCUT2D eigenvalue weighted by atomic mass is 15.0. The second-order valence-corrected chi connectivity index (χ2v) is 2.76. The molecule has 1 aromatic carbocycles. The molecule has 0 amide bonds. The molecule has 0 aliphatic carbocycles. The zero-order valence-electron chi connectivity index (χ0n) is 7.59. The van der Waals surface area contributed by atoms with Crippen molar-refractivity contribution in [1.82, 2.24) is 9.97 Å². The summed E-state index contributed by atoms with van der Waals surface area (Å²) in [7, 11) is 0. The van der Waals surface area contributed by atoms with Crippen LogP contribution in [-0.2, 0) is 0 Å². The number of aromatic nitrogens is 2. The van der Waals surface area contributed by atoms with E-state index in [4.69, 9.17) is 0 Å². The standard InChI is InChI=1S/C11H9N3/c1-12-10-7-8-13-11(14-10)9-5-3-2-4-6-9/h2-8H,1H2. The Bertz CT molecular complexity index is 437. The van der Waals surface area contributed by atoms with Gasteiger partial charge in [-0.1, -0.05) is 30.3 Å². The molecule has 3 heteroatoms. The van der Waals surface area contributed by atoms with Crippen molar-refractivity contribution in [2.75, 3.05) is 0 Å². The number of rotatable bonds is 2. The van der Waals surface area contributed by atoms with Crippen LogP contribution in [0, 0.1) is 0 Å². The fourth-order valence-corrected chi connectivity index (χ4v) is 1.16. The van der Waals surface area contributed by atoms with Gasteiger partial charge in [-0.2, -0.15) is 0 Å². The maximum absolute atomic E-state index is 4.22. The first kappa shape index (κ1) is 8.56. The first-order valence-corrected chi connectivity index (χ1v) is 4.25. The second-order valence-electron chi connectivity index (χ2n) is 2.76. The van der Waals surface area contributed by atoms with Crippen molar-refractivity contribution in [1.29, 1.82) is 0 Å². The van der Waals surface area contributed by atoms with Gasteiger partial charge in [0, 0.05) is 17.8 Å². The topological polar surface area (TPSA) is 38.1 Å². The highest BCUT2D eigenvalue weighted by Crippen LogP contribution is 2.16. The molecule has 0 fully saturated rings. The van der Waals surface area contributed by atoms with Crippen molar-refractivity contribution < 1.29 is 0 Å². The molecule has 2 aromatic rings. The van der Waals surface area contributed by atoms with Gasteiger partial charge in [0.05, 0.1) is 0 Å². The summed E-state index contributed by atoms with van der Waals surface area (Å²) in [5.41, 5.74) is 0.984. The third-order valence-electron chi connectivity index (χ3n) is 1.83. The van der Waals surface area contributed by atoms with Gasteiger partial charge < -0.3 is 0 Å². The van der Waals surface area contributed by atoms with Crippen LogP contribution in [-0.4, -0.2) is 16.7 Å². The zero-order chi connectivity index (χ0) is 9.80. The van der Waals surface area contributed by atoms with E-state index in [1.165, 1.54) is 0 Å². The van der Waals surface area contributed by atoms with E-state index in [1.54, 1.807) is 12.3 Å². The average molecular weight is 183 g/mol. The molecule has 0 spiro atoms. The molecule has 0 saturated carbocycles. The van der Waals surface area contributed by atoms with Crippen LogP contribution in [0.5, 0.6) is 0 Å². The highest BCUT2D eigenvalue weighted by Gasteiger charge is 1.99. The molecule has 68 valence electrons. The van der Waals surface area contributed by atoms with Crippen LogP contribution in [0.25, 0.3) is 11.4 Å². The Balaban J connectivity index is 2.47. The molecular formula is C11H9N3. The van der Waals surface area contributed by atoms with Crippen molar-refractivity contribution in [3.63, 3.8) is 0 Å². The predicted octanol–water partition coefficient (Wildman–Crippen LogP) is 2.48. The Morgan fingerprint density at radius 1 is 1.07 bits per heavy atom. The van der Waals surface area contributed by atoms with Gasteiger partial charge in [-0.25, -0.2) is 15.0 Å². The van der Waals surface area contributed by atoms with Gasteiger partial charge in [-0.15, -0.1) is 0 Å². The molecule has 0 unspecified atom stereocenters. The van der Waals surface area contributed by atoms with Crippen molar-refractivity contribution in [2.45, 2.75) is 0 Å². The Labute approximate surface area is 82.2 Å². The molecule has 0 N–H and O–H groups in total. The number of nitrogens with zero attached hydrogens (tertiary/aromatic N) is 3. The first-order chi connectivity index (χ1) is 6.90. The van der Waals surface area contributed by atoms with Gasteiger partial charge in [0.15, 0.2) is 11.6 Å². The summed E-state index contributed by atoms with van der Waals surface area (Å²) in [4.78, 5) is 12.1. The van der Waals surface area contributed by atoms with Gasteiger partial charge >= 0.3 is 0 Å². The van der Waals surface area contributed by atoms with E-state index in [0.717, 1.165) is 5.56 Å². The second kappa shape index (κ2) is 3.79. The van der Waals surface area contributed by atoms with Crippen molar-refractivity contribution in [3.8, 4) is 11.4 Å². The monoisotopic (exact) mass is 183 g/mol. The van der Waals surface area contributed by atoms with E-state index in [0.29, 0.717) is 11.6 Å². The summed E-state index contributed by atoms with van der Waals surface area (Å²) in [5.74, 6) is 1.27. The van der Waals surface area contributed by atoms with E-state index in [-0.39, 0.29) is 0 Å². The van der Waals surface area contributed by atoms with Crippen LogP contribution >= 0.6 is 0 Å². The maximum atomic E-state index is 4.22. The van der Waals surface area contributed by atoms with Crippen LogP contribution in [0.4, 0.5) is 5.82 Å². The number of hydrogen-bond acceptors (Lipinski definition) is 3. The quantitative estimate of drug-likeness (QED) is 0.671. The van der Waals surface area contributed by atoms with Crippen LogP contribution < -0.4 is 0 Å². The molecule has 0 saturated heterocycles. The summed E-state index contributed by atoms with van der Waals surface area (Å²) in [6.45, 7) is 3.43. The van der Waals surface area contributed by atoms with Crippen LogP contribution in [0.15, 0.2) is 47.6 Å². The van der Waals surface area contributed by atoms with Crippen LogP contribution in [0.2, 0.25) is 0 Å². The summed E-state index contributed by atoms with van der Waals surface area (Å²) in [5, 5.41) is 0. The van der Waals surface area contributed by atoms with Gasteiger partial charge in [0.1, 0.15) is 0 Å². The molecule has 3 nitrogen and oxygen atoms in total. The third kappa shape index (κ3) is 1.66. The summed E-state index contributed by atoms with van der Waals surface area (Å²) < 4.78 is 0. The largest absolute Gasteiger partial charge is 0.245 e. The normalized spacial score (nSPS) is 9.71. The Kier molecular flexibility index (Phi) is 2.32. The van der Waals surface area contributed by atoms with Gasteiger partial charge in [0.25, 0.3) is 0 Å². The van der Waals surface area contributed by atoms with Gasteiger partial charge in [-0.05, 0) is 6.72 Å². The lowest BCUT2D eigenvalue weighted by molar-refractivity contribution is 1.16. The summed E-state index contributed by atoms with van der Waals surface area (Å²) in [6.07, 6.45) is 1.68. The Morgan fingerprint density at radius 2 is 1.86 bits per heavy atom. The third-order valence-corrected chi connectivity index (χ3v) is 1.83. The average Bonchev–Trinajstić information content (AvgIpc) is 2.30. The van der Waals surface area contributed by atoms with Crippen LogP contribution in [0.1, 0.15) is 0 Å². The fraction of sp³-hybridized carbons (Fsp3) is 0. The number of hydrogen-bond donors (Lipinski definition) is 0. The van der Waals surface area contributed by atoms with Crippen molar-refractivity contribution in [2.24, 2.45) is 4.99 Å². The number of benzene rings is 1. The smallest absolute Gasteiger partial charge is 0.161 e.